The van der Waals surface area contributed by atoms with Gasteiger partial charge >= 0.3 is 5.97 Å². The molecule has 2 aromatic carbocycles. The van der Waals surface area contributed by atoms with E-state index in [0.29, 0.717) is 29.7 Å². The molecule has 0 amide bonds. The summed E-state index contributed by atoms with van der Waals surface area (Å²) in [6.45, 7) is 4.89. The second-order valence-corrected chi connectivity index (χ2v) is 8.99. The molecule has 2 aromatic rings. The van der Waals surface area contributed by atoms with E-state index in [1.807, 2.05) is 11.8 Å². The Morgan fingerprint density at radius 1 is 1.33 bits per heavy atom. The molecular formula is C26H27FN2O4. The summed E-state index contributed by atoms with van der Waals surface area (Å²) >= 11 is 0. The number of hydrogen-bond donors (Lipinski definition) is 1. The average molecular weight is 451 g/mol. The number of aryl methyl sites for hydroxylation is 1. The zero-order valence-corrected chi connectivity index (χ0v) is 18.8. The summed E-state index contributed by atoms with van der Waals surface area (Å²) in [7, 11) is 0. The maximum absolute atomic E-state index is 15.0. The van der Waals surface area contributed by atoms with Crippen molar-refractivity contribution in [3.63, 3.8) is 0 Å². The monoisotopic (exact) mass is 450 g/mol. The minimum Gasteiger partial charge on any atom is -0.457 e. The van der Waals surface area contributed by atoms with Crippen molar-refractivity contribution < 1.29 is 23.8 Å². The number of halogens is 1. The molecule has 0 aliphatic carbocycles. The van der Waals surface area contributed by atoms with Gasteiger partial charge in [-0.25, -0.2) is 9.18 Å². The number of fused-ring (bicyclic) bond motifs is 1. The normalized spacial score (nSPS) is 21.2. The van der Waals surface area contributed by atoms with Crippen LogP contribution in [0, 0.1) is 31.1 Å². The molecule has 0 radical (unpaired) electrons. The van der Waals surface area contributed by atoms with Gasteiger partial charge in [-0.3, -0.25) is 9.69 Å². The summed E-state index contributed by atoms with van der Waals surface area (Å²) in [6, 6.07) is 10.4. The topological polar surface area (TPSA) is 90.6 Å². The first-order valence-corrected chi connectivity index (χ1v) is 11.2. The molecule has 1 fully saturated rings. The maximum atomic E-state index is 15.0. The molecule has 2 heterocycles. The number of hydrogen-bond acceptors (Lipinski definition) is 6. The number of carbonyl (C=O) groups is 2. The molecule has 2 aliphatic heterocycles. The SMILES string of the molecule is Cc1cc(C(=O)C[C@@H]2CCN(C[C@H](O)c3ccc4c(c3C)COC4=O)C[C@@H]2F)ccc1C#N. The molecule has 2 aliphatic rings. The standard InChI is InChI=1S/C26H27FN2O4/c1-15-9-18(3-4-19(15)11-28)24(30)10-17-7-8-29(12-23(17)27)13-25(31)20-5-6-21-22(16(20)2)14-33-26(21)32/h3-6,9,17,23,25,31H,7-8,10,12-14H2,1-2H3/t17-,23-,25-/m0/s1. The number of carbonyl (C=O) groups excluding carboxylic acids is 2. The lowest BCUT2D eigenvalue weighted by Crippen LogP contribution is -2.44. The van der Waals surface area contributed by atoms with E-state index in [0.717, 1.165) is 22.3 Å². The van der Waals surface area contributed by atoms with Crippen molar-refractivity contribution in [3.05, 3.63) is 69.3 Å². The minimum atomic E-state index is -1.17. The van der Waals surface area contributed by atoms with Gasteiger partial charge in [0.15, 0.2) is 5.78 Å². The maximum Gasteiger partial charge on any atom is 0.338 e. The zero-order valence-electron chi connectivity index (χ0n) is 18.8. The molecule has 6 nitrogen and oxygen atoms in total. The molecule has 0 spiro atoms. The van der Waals surface area contributed by atoms with Gasteiger partial charge in [0.25, 0.3) is 0 Å². The molecule has 0 aromatic heterocycles. The number of aliphatic hydroxyl groups is 1. The van der Waals surface area contributed by atoms with Gasteiger partial charge in [0, 0.05) is 30.6 Å². The number of ether oxygens (including phenoxy) is 1. The molecular weight excluding hydrogens is 423 g/mol. The van der Waals surface area contributed by atoms with Crippen molar-refractivity contribution in [2.75, 3.05) is 19.6 Å². The summed E-state index contributed by atoms with van der Waals surface area (Å²) in [5.74, 6) is -0.830. The van der Waals surface area contributed by atoms with Gasteiger partial charge in [0.05, 0.1) is 23.3 Å². The lowest BCUT2D eigenvalue weighted by atomic mass is 9.87. The first kappa shape index (κ1) is 23.1. The highest BCUT2D eigenvalue weighted by Crippen LogP contribution is 2.31. The van der Waals surface area contributed by atoms with E-state index in [2.05, 4.69) is 6.07 Å². The Bertz CT molecular complexity index is 1140. The van der Waals surface area contributed by atoms with Gasteiger partial charge in [-0.05, 0) is 67.6 Å². The Labute approximate surface area is 192 Å². The van der Waals surface area contributed by atoms with Crippen molar-refractivity contribution in [2.45, 2.75) is 45.6 Å². The third-order valence-electron chi connectivity index (χ3n) is 6.87. The number of ketones is 1. The average Bonchev–Trinajstić information content (AvgIpc) is 3.17. The van der Waals surface area contributed by atoms with Crippen LogP contribution in [-0.2, 0) is 11.3 Å². The molecule has 4 rings (SSSR count). The van der Waals surface area contributed by atoms with Crippen LogP contribution < -0.4 is 0 Å². The number of cyclic esters (lactones) is 1. The van der Waals surface area contributed by atoms with Crippen molar-refractivity contribution in [1.82, 2.24) is 4.90 Å². The van der Waals surface area contributed by atoms with Gasteiger partial charge < -0.3 is 9.84 Å². The van der Waals surface area contributed by atoms with Gasteiger partial charge in [-0.1, -0.05) is 12.1 Å². The third-order valence-corrected chi connectivity index (χ3v) is 6.87. The number of alkyl halides is 1. The quantitative estimate of drug-likeness (QED) is 0.532. The third kappa shape index (κ3) is 4.68. The number of benzene rings is 2. The molecule has 1 saturated heterocycles. The summed E-state index contributed by atoms with van der Waals surface area (Å²) in [4.78, 5) is 26.3. The Morgan fingerprint density at radius 2 is 2.12 bits per heavy atom. The van der Waals surface area contributed by atoms with Crippen LogP contribution in [-0.4, -0.2) is 47.6 Å². The number of Topliss-reactive ketones (excluding diaryl/α,β-unsaturated/α-hetero) is 1. The molecule has 0 bridgehead atoms. The second kappa shape index (κ2) is 9.42. The van der Waals surface area contributed by atoms with Crippen molar-refractivity contribution in [1.29, 1.82) is 5.26 Å². The van der Waals surface area contributed by atoms with Crippen molar-refractivity contribution >= 4 is 11.8 Å². The number of aliphatic hydroxyl groups excluding tert-OH is 1. The number of esters is 1. The lowest BCUT2D eigenvalue weighted by molar-refractivity contribution is 0.0412. The number of likely N-dealkylation sites (tertiary alicyclic amines) is 1. The summed E-state index contributed by atoms with van der Waals surface area (Å²) in [5.41, 5.74) is 4.66. The van der Waals surface area contributed by atoms with E-state index < -0.39 is 12.3 Å². The van der Waals surface area contributed by atoms with Crippen LogP contribution in [0.2, 0.25) is 0 Å². The van der Waals surface area contributed by atoms with E-state index in [1.165, 1.54) is 0 Å². The fraction of sp³-hybridized carbons (Fsp3) is 0.423. The Balaban J connectivity index is 1.35. The predicted octanol–water partition coefficient (Wildman–Crippen LogP) is 3.81. The Morgan fingerprint density at radius 3 is 2.82 bits per heavy atom. The Kier molecular flexibility index (Phi) is 6.59. The van der Waals surface area contributed by atoms with Gasteiger partial charge in [0.2, 0.25) is 0 Å². The number of nitrogens with zero attached hydrogens (tertiary/aromatic N) is 2. The molecule has 0 saturated carbocycles. The smallest absolute Gasteiger partial charge is 0.338 e. The van der Waals surface area contributed by atoms with Crippen LogP contribution in [0.3, 0.4) is 0 Å². The highest BCUT2D eigenvalue weighted by atomic mass is 19.1. The minimum absolute atomic E-state index is 0.116. The molecule has 172 valence electrons. The fourth-order valence-corrected chi connectivity index (χ4v) is 4.80. The highest BCUT2D eigenvalue weighted by molar-refractivity contribution is 5.96. The molecule has 0 unspecified atom stereocenters. The van der Waals surface area contributed by atoms with Crippen LogP contribution in [0.15, 0.2) is 30.3 Å². The molecule has 33 heavy (non-hydrogen) atoms. The number of β-amino-alcohol motifs (C(OH)–C–C–N with tert-alkyl or cyclic N) is 1. The van der Waals surface area contributed by atoms with E-state index in [9.17, 15) is 19.1 Å². The van der Waals surface area contributed by atoms with Crippen LogP contribution >= 0.6 is 0 Å². The lowest BCUT2D eigenvalue weighted by Gasteiger charge is -2.35. The van der Waals surface area contributed by atoms with Crippen molar-refractivity contribution in [2.24, 2.45) is 5.92 Å². The van der Waals surface area contributed by atoms with Crippen molar-refractivity contribution in [3.8, 4) is 6.07 Å². The Hall–Kier alpha value is -3.08. The van der Waals surface area contributed by atoms with Crippen LogP contribution in [0.5, 0.6) is 0 Å². The second-order valence-electron chi connectivity index (χ2n) is 8.99. The van der Waals surface area contributed by atoms with Crippen LogP contribution in [0.1, 0.15) is 67.5 Å². The first-order valence-electron chi connectivity index (χ1n) is 11.2. The van der Waals surface area contributed by atoms with Gasteiger partial charge in [-0.2, -0.15) is 5.26 Å². The summed E-state index contributed by atoms with van der Waals surface area (Å²) < 4.78 is 20.0. The van der Waals surface area contributed by atoms with Gasteiger partial charge in [-0.15, -0.1) is 0 Å². The van der Waals surface area contributed by atoms with Crippen LogP contribution in [0.4, 0.5) is 4.39 Å². The largest absolute Gasteiger partial charge is 0.457 e. The van der Waals surface area contributed by atoms with E-state index in [1.54, 1.807) is 37.3 Å². The number of rotatable bonds is 6. The number of piperidine rings is 1. The summed E-state index contributed by atoms with van der Waals surface area (Å²) in [5, 5.41) is 19.8. The van der Waals surface area contributed by atoms with Crippen LogP contribution in [0.25, 0.3) is 0 Å². The highest BCUT2D eigenvalue weighted by Gasteiger charge is 2.33. The summed E-state index contributed by atoms with van der Waals surface area (Å²) in [6.07, 6.45) is -1.32. The van der Waals surface area contributed by atoms with E-state index >= 15 is 0 Å². The van der Waals surface area contributed by atoms with E-state index in [4.69, 9.17) is 10.00 Å². The predicted molar refractivity (Wildman–Crippen MR) is 120 cm³/mol. The zero-order chi connectivity index (χ0) is 23.7. The molecule has 1 N–H and O–H groups in total. The first-order chi connectivity index (χ1) is 15.8. The molecule has 3 atom stereocenters. The van der Waals surface area contributed by atoms with Gasteiger partial charge in [0.1, 0.15) is 12.8 Å². The van der Waals surface area contributed by atoms with E-state index in [-0.39, 0.29) is 43.8 Å². The molecule has 7 heteroatoms. The number of nitriles is 1. The fourth-order valence-electron chi connectivity index (χ4n) is 4.80.